The van der Waals surface area contributed by atoms with Crippen LogP contribution in [0.1, 0.15) is 16.7 Å². The summed E-state index contributed by atoms with van der Waals surface area (Å²) in [4.78, 5) is 12.6. The molecule has 3 rings (SSSR count). The Hall–Kier alpha value is -2.78. The second-order valence-corrected chi connectivity index (χ2v) is 8.44. The lowest BCUT2D eigenvalue weighted by molar-refractivity contribution is -0.112. The first-order chi connectivity index (χ1) is 14.9. The number of nitrogens with zero attached hydrogens (tertiary/aromatic N) is 1. The maximum Gasteiger partial charge on any atom is 0.266 e. The summed E-state index contributed by atoms with van der Waals surface area (Å²) in [6, 6.07) is 20.1. The van der Waals surface area contributed by atoms with Crippen LogP contribution in [0.15, 0.2) is 70.7 Å². The molecule has 7 heteroatoms. The molecule has 3 aromatic rings. The van der Waals surface area contributed by atoms with Crippen molar-refractivity contribution in [2.75, 3.05) is 5.32 Å². The molecule has 0 aliphatic carbocycles. The van der Waals surface area contributed by atoms with Gasteiger partial charge in [0.25, 0.3) is 5.91 Å². The number of carbonyl (C=O) groups is 1. The van der Waals surface area contributed by atoms with Gasteiger partial charge < -0.3 is 10.1 Å². The van der Waals surface area contributed by atoms with Crippen LogP contribution in [0.3, 0.4) is 0 Å². The Bertz CT molecular complexity index is 1200. The predicted octanol–water partition coefficient (Wildman–Crippen LogP) is 7.19. The van der Waals surface area contributed by atoms with Gasteiger partial charge in [0.15, 0.2) is 0 Å². The van der Waals surface area contributed by atoms with Crippen molar-refractivity contribution in [2.45, 2.75) is 13.5 Å². The van der Waals surface area contributed by atoms with Crippen molar-refractivity contribution in [3.05, 3.63) is 97.4 Å². The lowest BCUT2D eigenvalue weighted by atomic mass is 10.1. The number of rotatable bonds is 6. The van der Waals surface area contributed by atoms with Crippen LogP contribution in [0.2, 0.25) is 10.0 Å². The Kier molecular flexibility index (Phi) is 7.75. The minimum atomic E-state index is -0.564. The molecular formula is C24H17BrCl2N2O2. The fourth-order valence-corrected chi connectivity index (χ4v) is 3.48. The molecule has 0 atom stereocenters. The second-order valence-electron chi connectivity index (χ2n) is 6.71. The van der Waals surface area contributed by atoms with Crippen molar-refractivity contribution in [2.24, 2.45) is 0 Å². The Morgan fingerprint density at radius 2 is 1.94 bits per heavy atom. The zero-order valence-electron chi connectivity index (χ0n) is 16.5. The summed E-state index contributed by atoms with van der Waals surface area (Å²) >= 11 is 15.3. The number of nitriles is 1. The van der Waals surface area contributed by atoms with E-state index in [2.05, 4.69) is 21.2 Å². The first-order valence-electron chi connectivity index (χ1n) is 9.22. The second kappa shape index (κ2) is 10.5. The molecule has 0 saturated carbocycles. The number of nitrogens with one attached hydrogen (secondary N) is 1. The zero-order valence-corrected chi connectivity index (χ0v) is 19.6. The molecule has 0 aromatic heterocycles. The third-order valence-electron chi connectivity index (χ3n) is 4.29. The molecule has 1 amide bonds. The van der Waals surface area contributed by atoms with Crippen molar-refractivity contribution >= 4 is 56.8 Å². The number of halogens is 3. The monoisotopic (exact) mass is 514 g/mol. The summed E-state index contributed by atoms with van der Waals surface area (Å²) in [5, 5.41) is 12.9. The van der Waals surface area contributed by atoms with E-state index < -0.39 is 5.91 Å². The van der Waals surface area contributed by atoms with Crippen LogP contribution >= 0.6 is 39.1 Å². The number of benzene rings is 3. The molecule has 3 aromatic carbocycles. The molecule has 0 unspecified atom stereocenters. The average Bonchev–Trinajstić information content (AvgIpc) is 2.74. The number of hydrogen-bond acceptors (Lipinski definition) is 3. The number of amides is 1. The summed E-state index contributed by atoms with van der Waals surface area (Å²) in [7, 11) is 0. The van der Waals surface area contributed by atoms with Crippen molar-refractivity contribution < 1.29 is 9.53 Å². The summed E-state index contributed by atoms with van der Waals surface area (Å²) < 4.78 is 6.76. The first-order valence-corrected chi connectivity index (χ1v) is 10.8. The Labute approximate surface area is 199 Å². The highest BCUT2D eigenvalue weighted by Crippen LogP contribution is 2.28. The van der Waals surface area contributed by atoms with Gasteiger partial charge in [-0.2, -0.15) is 5.26 Å². The minimum absolute atomic E-state index is 0.0791. The lowest BCUT2D eigenvalue weighted by Crippen LogP contribution is -2.13. The highest BCUT2D eigenvalue weighted by atomic mass is 79.9. The quantitative estimate of drug-likeness (QED) is 0.279. The third kappa shape index (κ3) is 6.35. The molecule has 0 saturated heterocycles. The number of ether oxygens (including phenoxy) is 1. The van der Waals surface area contributed by atoms with E-state index >= 15 is 0 Å². The van der Waals surface area contributed by atoms with Gasteiger partial charge in [0.2, 0.25) is 0 Å². The fourth-order valence-electron chi connectivity index (χ4n) is 2.80. The molecule has 1 N–H and O–H groups in total. The molecular weight excluding hydrogens is 499 g/mol. The van der Waals surface area contributed by atoms with Gasteiger partial charge in [-0.25, -0.2) is 0 Å². The molecule has 0 bridgehead atoms. The van der Waals surface area contributed by atoms with Crippen LogP contribution in [0.4, 0.5) is 5.69 Å². The maximum absolute atomic E-state index is 12.6. The summed E-state index contributed by atoms with van der Waals surface area (Å²) in [6.07, 6.45) is 1.49. The Morgan fingerprint density at radius 1 is 1.13 bits per heavy atom. The van der Waals surface area contributed by atoms with Gasteiger partial charge in [-0.15, -0.1) is 0 Å². The van der Waals surface area contributed by atoms with E-state index in [-0.39, 0.29) is 5.57 Å². The molecule has 0 aliphatic rings. The molecule has 156 valence electrons. The molecule has 4 nitrogen and oxygen atoms in total. The highest BCUT2D eigenvalue weighted by molar-refractivity contribution is 9.10. The Morgan fingerprint density at radius 3 is 2.65 bits per heavy atom. The molecule has 0 heterocycles. The highest BCUT2D eigenvalue weighted by Gasteiger charge is 2.13. The third-order valence-corrected chi connectivity index (χ3v) is 5.52. The van der Waals surface area contributed by atoms with Gasteiger partial charge in [-0.05, 0) is 55.0 Å². The van der Waals surface area contributed by atoms with Gasteiger partial charge in [0.05, 0.1) is 10.0 Å². The zero-order chi connectivity index (χ0) is 22.4. The maximum atomic E-state index is 12.6. The number of aryl methyl sites for hydroxylation is 1. The van der Waals surface area contributed by atoms with Crippen LogP contribution in [0.25, 0.3) is 6.08 Å². The van der Waals surface area contributed by atoms with Crippen LogP contribution in [-0.2, 0) is 11.4 Å². The van der Waals surface area contributed by atoms with Gasteiger partial charge in [-0.3, -0.25) is 4.79 Å². The van der Waals surface area contributed by atoms with Gasteiger partial charge >= 0.3 is 0 Å². The van der Waals surface area contributed by atoms with E-state index in [0.29, 0.717) is 33.7 Å². The van der Waals surface area contributed by atoms with Crippen LogP contribution in [0.5, 0.6) is 5.75 Å². The molecule has 0 radical (unpaired) electrons. The molecule has 0 fully saturated rings. The van der Waals surface area contributed by atoms with E-state index in [1.165, 1.54) is 12.1 Å². The summed E-state index contributed by atoms with van der Waals surface area (Å²) in [5.41, 5.74) is 3.12. The van der Waals surface area contributed by atoms with Crippen molar-refractivity contribution in [1.29, 1.82) is 5.26 Å². The predicted molar refractivity (Wildman–Crippen MR) is 128 cm³/mol. The Balaban J connectivity index is 1.83. The number of hydrogen-bond donors (Lipinski definition) is 1. The largest absolute Gasteiger partial charge is 0.488 e. The van der Waals surface area contributed by atoms with E-state index in [4.69, 9.17) is 27.9 Å². The summed E-state index contributed by atoms with van der Waals surface area (Å²) in [5.74, 6) is -0.00899. The van der Waals surface area contributed by atoms with Crippen molar-refractivity contribution in [3.8, 4) is 11.8 Å². The van der Waals surface area contributed by atoms with Crippen LogP contribution in [0, 0.1) is 18.3 Å². The first kappa shape index (κ1) is 22.9. The normalized spacial score (nSPS) is 11.0. The van der Waals surface area contributed by atoms with Crippen molar-refractivity contribution in [1.82, 2.24) is 0 Å². The van der Waals surface area contributed by atoms with Crippen molar-refractivity contribution in [3.63, 3.8) is 0 Å². The smallest absolute Gasteiger partial charge is 0.266 e. The SMILES string of the molecule is Cc1cccc(COc2ccc(Br)cc2/C=C(\C#N)C(=O)Nc2ccc(Cl)c(Cl)c2)c1. The van der Waals surface area contributed by atoms with E-state index in [1.807, 2.05) is 43.3 Å². The number of carbonyl (C=O) groups excluding carboxylic acids is 1. The molecule has 0 aliphatic heterocycles. The van der Waals surface area contributed by atoms with E-state index in [1.54, 1.807) is 24.3 Å². The van der Waals surface area contributed by atoms with E-state index in [0.717, 1.165) is 15.6 Å². The summed E-state index contributed by atoms with van der Waals surface area (Å²) in [6.45, 7) is 2.38. The number of anilines is 1. The van der Waals surface area contributed by atoms with Crippen LogP contribution < -0.4 is 10.1 Å². The van der Waals surface area contributed by atoms with Gasteiger partial charge in [-0.1, -0.05) is 69.0 Å². The van der Waals surface area contributed by atoms with E-state index in [9.17, 15) is 10.1 Å². The van der Waals surface area contributed by atoms with Gasteiger partial charge in [0, 0.05) is 15.7 Å². The molecule has 0 spiro atoms. The average molecular weight is 516 g/mol. The minimum Gasteiger partial charge on any atom is -0.488 e. The lowest BCUT2D eigenvalue weighted by Gasteiger charge is -2.11. The fraction of sp³-hybridized carbons (Fsp3) is 0.0833. The van der Waals surface area contributed by atoms with Gasteiger partial charge in [0.1, 0.15) is 24.0 Å². The topological polar surface area (TPSA) is 62.1 Å². The van der Waals surface area contributed by atoms with Crippen LogP contribution in [-0.4, -0.2) is 5.91 Å². The molecule has 31 heavy (non-hydrogen) atoms. The standard InChI is InChI=1S/C24H17BrCl2N2O2/c1-15-3-2-4-16(9-15)14-31-23-8-5-19(25)11-17(23)10-18(13-28)24(30)29-20-6-7-21(26)22(27)12-20/h2-12H,14H2,1H3,(H,29,30)/b18-10+.